The van der Waals surface area contributed by atoms with E-state index in [1.807, 2.05) is 30.3 Å². The van der Waals surface area contributed by atoms with Crippen LogP contribution in [0.4, 0.5) is 0 Å². The zero-order chi connectivity index (χ0) is 13.5. The van der Waals surface area contributed by atoms with E-state index in [-0.39, 0.29) is 6.61 Å². The van der Waals surface area contributed by atoms with Gasteiger partial charge < -0.3 is 10.2 Å². The van der Waals surface area contributed by atoms with Crippen molar-refractivity contribution in [3.8, 4) is 0 Å². The summed E-state index contributed by atoms with van der Waals surface area (Å²) in [5, 5.41) is 29.6. The van der Waals surface area contributed by atoms with E-state index in [9.17, 15) is 5.11 Å². The Labute approximate surface area is 115 Å². The first-order valence-corrected chi connectivity index (χ1v) is 7.10. The van der Waals surface area contributed by atoms with Crippen molar-refractivity contribution in [2.24, 2.45) is 0 Å². The number of aliphatic hydroxyl groups is 2. The zero-order valence-electron chi connectivity index (χ0n) is 10.4. The number of benzene rings is 1. The fourth-order valence-corrected chi connectivity index (χ4v) is 2.43. The van der Waals surface area contributed by atoms with Crippen molar-refractivity contribution in [1.29, 1.82) is 0 Å². The molecule has 0 radical (unpaired) electrons. The van der Waals surface area contributed by atoms with Gasteiger partial charge in [-0.2, -0.15) is 11.8 Å². The SMILES string of the molecule is OCC(O)CSCc1nnnn1Cc1ccccc1. The first-order valence-electron chi connectivity index (χ1n) is 5.95. The first-order chi connectivity index (χ1) is 9.29. The van der Waals surface area contributed by atoms with Gasteiger partial charge in [-0.25, -0.2) is 4.68 Å². The summed E-state index contributed by atoms with van der Waals surface area (Å²) in [5.41, 5.74) is 1.14. The van der Waals surface area contributed by atoms with Crippen LogP contribution in [-0.2, 0) is 12.3 Å². The molecule has 0 aliphatic heterocycles. The summed E-state index contributed by atoms with van der Waals surface area (Å²) in [6.07, 6.45) is -0.691. The van der Waals surface area contributed by atoms with Crippen molar-refractivity contribution in [1.82, 2.24) is 20.2 Å². The molecule has 102 valence electrons. The average Bonchev–Trinajstić information content (AvgIpc) is 2.87. The van der Waals surface area contributed by atoms with Crippen LogP contribution in [0.2, 0.25) is 0 Å². The number of thioether (sulfide) groups is 1. The number of hydrogen-bond acceptors (Lipinski definition) is 6. The summed E-state index contributed by atoms with van der Waals surface area (Å²) in [6.45, 7) is 0.411. The highest BCUT2D eigenvalue weighted by Gasteiger charge is 2.08. The molecule has 2 aromatic rings. The van der Waals surface area contributed by atoms with Gasteiger partial charge in [0.2, 0.25) is 0 Å². The van der Waals surface area contributed by atoms with Gasteiger partial charge in [0.1, 0.15) is 0 Å². The average molecular weight is 280 g/mol. The molecular formula is C12H16N4O2S. The second-order valence-electron chi connectivity index (χ2n) is 4.09. The maximum atomic E-state index is 9.26. The normalized spacial score (nSPS) is 12.5. The van der Waals surface area contributed by atoms with Crippen LogP contribution in [0.1, 0.15) is 11.4 Å². The van der Waals surface area contributed by atoms with Gasteiger partial charge in [0, 0.05) is 5.75 Å². The van der Waals surface area contributed by atoms with Crippen molar-refractivity contribution in [3.05, 3.63) is 41.7 Å². The largest absolute Gasteiger partial charge is 0.394 e. The Bertz CT molecular complexity index is 491. The second kappa shape index (κ2) is 7.22. The minimum Gasteiger partial charge on any atom is -0.394 e. The lowest BCUT2D eigenvalue weighted by molar-refractivity contribution is 0.113. The number of aromatic nitrogens is 4. The molecule has 0 aliphatic rings. The molecule has 0 spiro atoms. The maximum absolute atomic E-state index is 9.26. The summed E-state index contributed by atoms with van der Waals surface area (Å²) in [4.78, 5) is 0. The van der Waals surface area contributed by atoms with Gasteiger partial charge >= 0.3 is 0 Å². The smallest absolute Gasteiger partial charge is 0.161 e. The topological polar surface area (TPSA) is 84.1 Å². The summed E-state index contributed by atoms with van der Waals surface area (Å²) < 4.78 is 1.74. The van der Waals surface area contributed by atoms with E-state index in [1.165, 1.54) is 11.8 Å². The Morgan fingerprint density at radius 1 is 1.26 bits per heavy atom. The van der Waals surface area contributed by atoms with E-state index in [0.29, 0.717) is 18.1 Å². The molecule has 1 atom stereocenters. The van der Waals surface area contributed by atoms with Gasteiger partial charge in [0.05, 0.1) is 25.0 Å². The standard InChI is InChI=1S/C12H16N4O2S/c17-7-11(18)8-19-9-12-13-14-15-16(12)6-10-4-2-1-3-5-10/h1-5,11,17-18H,6-9H2. The molecule has 19 heavy (non-hydrogen) atoms. The Balaban J connectivity index is 1.91. The molecule has 1 aromatic heterocycles. The molecule has 1 aromatic carbocycles. The summed E-state index contributed by atoms with van der Waals surface area (Å²) >= 11 is 1.50. The minimum atomic E-state index is -0.691. The molecule has 0 saturated heterocycles. The molecular weight excluding hydrogens is 264 g/mol. The number of hydrogen-bond donors (Lipinski definition) is 2. The number of rotatable bonds is 7. The van der Waals surface area contributed by atoms with Crippen molar-refractivity contribution in [2.45, 2.75) is 18.4 Å². The lowest BCUT2D eigenvalue weighted by Crippen LogP contribution is -2.15. The van der Waals surface area contributed by atoms with Crippen LogP contribution in [0.25, 0.3) is 0 Å². The van der Waals surface area contributed by atoms with Gasteiger partial charge in [-0.3, -0.25) is 0 Å². The van der Waals surface area contributed by atoms with Crippen LogP contribution in [-0.4, -0.2) is 48.9 Å². The first kappa shape index (κ1) is 14.0. The molecule has 1 unspecified atom stereocenters. The van der Waals surface area contributed by atoms with E-state index >= 15 is 0 Å². The molecule has 0 amide bonds. The van der Waals surface area contributed by atoms with Crippen LogP contribution in [0.15, 0.2) is 30.3 Å². The predicted molar refractivity (Wildman–Crippen MR) is 72.6 cm³/mol. The predicted octanol–water partition coefficient (Wildman–Crippen LogP) is 0.308. The van der Waals surface area contributed by atoms with Crippen LogP contribution in [0.5, 0.6) is 0 Å². The molecule has 1 heterocycles. The highest BCUT2D eigenvalue weighted by molar-refractivity contribution is 7.98. The van der Waals surface area contributed by atoms with Gasteiger partial charge in [-0.15, -0.1) is 5.10 Å². The quantitative estimate of drug-likeness (QED) is 0.759. The Morgan fingerprint density at radius 2 is 2.05 bits per heavy atom. The zero-order valence-corrected chi connectivity index (χ0v) is 11.2. The Kier molecular flexibility index (Phi) is 5.31. The van der Waals surface area contributed by atoms with E-state index in [0.717, 1.165) is 11.4 Å². The summed E-state index contributed by atoms with van der Waals surface area (Å²) in [7, 11) is 0. The lowest BCUT2D eigenvalue weighted by Gasteiger charge is -2.07. The number of nitrogens with zero attached hydrogens (tertiary/aromatic N) is 4. The van der Waals surface area contributed by atoms with Crippen LogP contribution >= 0.6 is 11.8 Å². The molecule has 0 fully saturated rings. The highest BCUT2D eigenvalue weighted by Crippen LogP contribution is 2.11. The van der Waals surface area contributed by atoms with Crippen molar-refractivity contribution in [2.75, 3.05) is 12.4 Å². The van der Waals surface area contributed by atoms with Gasteiger partial charge in [0.25, 0.3) is 0 Å². The maximum Gasteiger partial charge on any atom is 0.161 e. The Morgan fingerprint density at radius 3 is 2.79 bits per heavy atom. The molecule has 6 nitrogen and oxygen atoms in total. The third-order valence-corrected chi connectivity index (χ3v) is 3.62. The van der Waals surface area contributed by atoms with E-state index in [1.54, 1.807) is 4.68 Å². The van der Waals surface area contributed by atoms with Gasteiger partial charge in [-0.05, 0) is 16.0 Å². The molecule has 0 bridgehead atoms. The van der Waals surface area contributed by atoms with Gasteiger partial charge in [0.15, 0.2) is 5.82 Å². The number of tetrazole rings is 1. The van der Waals surface area contributed by atoms with Crippen molar-refractivity contribution in [3.63, 3.8) is 0 Å². The lowest BCUT2D eigenvalue weighted by atomic mass is 10.2. The van der Waals surface area contributed by atoms with Gasteiger partial charge in [-0.1, -0.05) is 30.3 Å². The minimum absolute atomic E-state index is 0.220. The third kappa shape index (κ3) is 4.30. The fourth-order valence-electron chi connectivity index (χ4n) is 1.54. The van der Waals surface area contributed by atoms with E-state index < -0.39 is 6.10 Å². The monoisotopic (exact) mass is 280 g/mol. The summed E-state index contributed by atoms with van der Waals surface area (Å²) in [6, 6.07) is 9.97. The number of aliphatic hydroxyl groups excluding tert-OH is 2. The summed E-state index contributed by atoms with van der Waals surface area (Å²) in [5.74, 6) is 1.84. The fraction of sp³-hybridized carbons (Fsp3) is 0.417. The van der Waals surface area contributed by atoms with Crippen molar-refractivity contribution >= 4 is 11.8 Å². The highest BCUT2D eigenvalue weighted by atomic mass is 32.2. The molecule has 2 N–H and O–H groups in total. The second-order valence-corrected chi connectivity index (χ2v) is 5.12. The molecule has 2 rings (SSSR count). The van der Waals surface area contributed by atoms with Crippen LogP contribution in [0.3, 0.4) is 0 Å². The van der Waals surface area contributed by atoms with Crippen LogP contribution in [0, 0.1) is 0 Å². The van der Waals surface area contributed by atoms with Crippen LogP contribution < -0.4 is 0 Å². The van der Waals surface area contributed by atoms with E-state index in [4.69, 9.17) is 5.11 Å². The molecule has 7 heteroatoms. The van der Waals surface area contributed by atoms with Crippen molar-refractivity contribution < 1.29 is 10.2 Å². The Hall–Kier alpha value is -1.44. The third-order valence-electron chi connectivity index (χ3n) is 2.53. The van der Waals surface area contributed by atoms with E-state index in [2.05, 4.69) is 15.5 Å². The molecule has 0 aliphatic carbocycles. The molecule has 0 saturated carbocycles.